The summed E-state index contributed by atoms with van der Waals surface area (Å²) in [5, 5.41) is 13.7. The summed E-state index contributed by atoms with van der Waals surface area (Å²) in [5.74, 6) is -1.64. The maximum Gasteiger partial charge on any atom is 0.399 e. The van der Waals surface area contributed by atoms with Crippen LogP contribution in [0.5, 0.6) is 0 Å². The van der Waals surface area contributed by atoms with Crippen molar-refractivity contribution in [3.8, 4) is 0 Å². The molecule has 11 nitrogen and oxygen atoms in total. The van der Waals surface area contributed by atoms with Crippen LogP contribution in [-0.2, 0) is 24.6 Å². The predicted molar refractivity (Wildman–Crippen MR) is 162 cm³/mol. The average Bonchev–Trinajstić information content (AvgIpc) is 3.66. The Morgan fingerprint density at radius 3 is 2.47 bits per heavy atom. The summed E-state index contributed by atoms with van der Waals surface area (Å²) in [6.07, 6.45) is 0.666. The van der Waals surface area contributed by atoms with Gasteiger partial charge < -0.3 is 34.7 Å². The lowest BCUT2D eigenvalue weighted by molar-refractivity contribution is -0.151. The number of halogens is 2. The number of hydrogen-bond donors (Lipinski definition) is 4. The van der Waals surface area contributed by atoms with Gasteiger partial charge in [-0.2, -0.15) is 8.78 Å². The number of nitrogens with one attached hydrogen (secondary N) is 1. The zero-order valence-corrected chi connectivity index (χ0v) is 26.3. The maximum atomic E-state index is 14.3. The topological polar surface area (TPSA) is 157 Å². The van der Waals surface area contributed by atoms with Gasteiger partial charge in [0.1, 0.15) is 18.2 Å². The molecule has 15 heteroatoms. The molecule has 0 spiro atoms. The van der Waals surface area contributed by atoms with Crippen LogP contribution in [0.2, 0.25) is 0 Å². The number of morpholine rings is 1. The second kappa shape index (κ2) is 12.5. The quantitative estimate of drug-likeness (QED) is 0.266. The number of nitrogens with zero attached hydrogens (tertiary/aromatic N) is 2. The van der Waals surface area contributed by atoms with Crippen LogP contribution in [0.25, 0.3) is 10.1 Å². The number of thiophene rings is 1. The van der Waals surface area contributed by atoms with E-state index >= 15 is 0 Å². The number of alkyl halides is 2. The van der Waals surface area contributed by atoms with Crippen molar-refractivity contribution >= 4 is 46.7 Å². The van der Waals surface area contributed by atoms with Crippen LogP contribution < -0.4 is 5.32 Å². The number of carbonyl (C=O) groups is 3. The van der Waals surface area contributed by atoms with Crippen LogP contribution >= 0.6 is 18.9 Å². The molecule has 242 valence electrons. The molecule has 2 aromatic carbocycles. The molecule has 0 bridgehead atoms. The summed E-state index contributed by atoms with van der Waals surface area (Å²) in [6, 6.07) is 11.6. The van der Waals surface area contributed by atoms with Gasteiger partial charge in [-0.15, -0.1) is 11.3 Å². The van der Waals surface area contributed by atoms with Crippen LogP contribution in [0.15, 0.2) is 54.6 Å². The number of likely N-dealkylation sites (tertiary alicyclic amines) is 1. The van der Waals surface area contributed by atoms with E-state index in [9.17, 15) is 32.8 Å². The van der Waals surface area contributed by atoms with E-state index in [0.717, 1.165) is 29.0 Å². The number of aliphatic hydroxyl groups is 1. The molecule has 2 saturated heterocycles. The normalized spacial score (nSPS) is 20.3. The van der Waals surface area contributed by atoms with Gasteiger partial charge in [-0.1, -0.05) is 36.4 Å². The van der Waals surface area contributed by atoms with Crippen molar-refractivity contribution in [2.75, 3.05) is 26.2 Å². The van der Waals surface area contributed by atoms with Gasteiger partial charge in [-0.05, 0) is 55.8 Å². The molecule has 3 aromatic rings. The molecular weight excluding hydrogens is 631 g/mol. The molecule has 1 aromatic heterocycles. The van der Waals surface area contributed by atoms with E-state index in [1.165, 1.54) is 30.9 Å². The number of carbonyl (C=O) groups excluding carboxylic acids is 3. The lowest BCUT2D eigenvalue weighted by atomic mass is 9.96. The highest BCUT2D eigenvalue weighted by molar-refractivity contribution is 7.52. The van der Waals surface area contributed by atoms with E-state index in [1.807, 2.05) is 30.3 Å². The number of fused-ring (bicyclic) bond motifs is 1. The average molecular weight is 666 g/mol. The minimum absolute atomic E-state index is 0.0259. The number of amides is 3. The Morgan fingerprint density at radius 2 is 1.80 bits per heavy atom. The molecule has 5 rings (SSSR count). The molecule has 2 aliphatic heterocycles. The van der Waals surface area contributed by atoms with E-state index in [-0.39, 0.29) is 28.8 Å². The van der Waals surface area contributed by atoms with E-state index in [1.54, 1.807) is 4.90 Å². The third-order valence-corrected chi connectivity index (χ3v) is 10.2. The Kier molecular flexibility index (Phi) is 9.20. The smallest absolute Gasteiger partial charge is 0.388 e. The predicted octanol–water partition coefficient (Wildman–Crippen LogP) is 3.59. The second-order valence-electron chi connectivity index (χ2n) is 11.8. The van der Waals surface area contributed by atoms with E-state index < -0.39 is 48.3 Å². The third-order valence-electron chi connectivity index (χ3n) is 8.05. The highest BCUT2D eigenvalue weighted by atomic mass is 32.1. The zero-order chi connectivity index (χ0) is 32.7. The fourth-order valence-corrected chi connectivity index (χ4v) is 7.06. The third kappa shape index (κ3) is 6.81. The molecule has 1 unspecified atom stereocenters. The minimum Gasteiger partial charge on any atom is -0.388 e. The van der Waals surface area contributed by atoms with Gasteiger partial charge in [0.2, 0.25) is 11.8 Å². The molecule has 0 saturated carbocycles. The van der Waals surface area contributed by atoms with Crippen molar-refractivity contribution in [1.82, 2.24) is 15.1 Å². The molecular formula is C30H34F2N3O8PS. The van der Waals surface area contributed by atoms with Crippen molar-refractivity contribution in [3.05, 3.63) is 70.6 Å². The van der Waals surface area contributed by atoms with Crippen LogP contribution in [0.4, 0.5) is 8.78 Å². The lowest BCUT2D eigenvalue weighted by Gasteiger charge is -2.38. The molecule has 0 aliphatic carbocycles. The number of rotatable bonds is 8. The molecule has 3 amide bonds. The molecule has 3 atom stereocenters. The first-order chi connectivity index (χ1) is 21.1. The first-order valence-electron chi connectivity index (χ1n) is 14.3. The van der Waals surface area contributed by atoms with Crippen LogP contribution in [0.1, 0.15) is 53.6 Å². The van der Waals surface area contributed by atoms with Gasteiger partial charge in [0.05, 0.1) is 23.6 Å². The van der Waals surface area contributed by atoms with Gasteiger partial charge in [-0.3, -0.25) is 18.9 Å². The van der Waals surface area contributed by atoms with Gasteiger partial charge >= 0.3 is 13.3 Å². The maximum absolute atomic E-state index is 14.3. The second-order valence-corrected chi connectivity index (χ2v) is 14.5. The van der Waals surface area contributed by atoms with Crippen LogP contribution in [0.3, 0.4) is 0 Å². The highest BCUT2D eigenvalue weighted by Gasteiger charge is 2.50. The van der Waals surface area contributed by atoms with E-state index in [4.69, 9.17) is 14.5 Å². The van der Waals surface area contributed by atoms with Gasteiger partial charge in [0, 0.05) is 23.4 Å². The van der Waals surface area contributed by atoms with Crippen molar-refractivity contribution in [1.29, 1.82) is 0 Å². The van der Waals surface area contributed by atoms with Crippen molar-refractivity contribution in [2.45, 2.75) is 56.1 Å². The Bertz CT molecular complexity index is 1640. The number of ether oxygens (including phenoxy) is 1. The largest absolute Gasteiger partial charge is 0.399 e. The minimum atomic E-state index is -5.79. The van der Waals surface area contributed by atoms with Crippen molar-refractivity contribution in [3.63, 3.8) is 0 Å². The van der Waals surface area contributed by atoms with Crippen LogP contribution in [-0.4, -0.2) is 86.3 Å². The van der Waals surface area contributed by atoms with Crippen molar-refractivity contribution < 1.29 is 47.4 Å². The lowest BCUT2D eigenvalue weighted by Crippen LogP contribution is -2.61. The molecule has 0 radical (unpaired) electrons. The first-order valence-corrected chi connectivity index (χ1v) is 16.8. The monoisotopic (exact) mass is 665 g/mol. The number of benzene rings is 2. The Labute approximate surface area is 261 Å². The van der Waals surface area contributed by atoms with Gasteiger partial charge in [0.25, 0.3) is 5.91 Å². The molecule has 2 fully saturated rings. The summed E-state index contributed by atoms with van der Waals surface area (Å²) in [7, 11) is -5.79. The van der Waals surface area contributed by atoms with Gasteiger partial charge in [-0.25, -0.2) is 0 Å². The summed E-state index contributed by atoms with van der Waals surface area (Å²) >= 11 is 0.921. The Morgan fingerprint density at radius 1 is 1.09 bits per heavy atom. The standard InChI is InChI=1S/C30H34F2N3O8PS/c1-29(2,39)25(33-26(36)24-16-19-15-20(10-11-23(19)45-24)30(31,32)44(40,41)42)28(38)35-12-6-9-21(35)27(37)34-13-14-43-22(17-34)18-7-4-3-5-8-18/h3-5,7-8,10-11,15-16,21-22,25,39H,6,9,12-14,17H2,1-2H3,(H,33,36)(H2,40,41,42)/t21-,22+,25?/m0/s1. The van der Waals surface area contributed by atoms with Crippen molar-refractivity contribution in [2.24, 2.45) is 0 Å². The summed E-state index contributed by atoms with van der Waals surface area (Å²) in [6.45, 7) is 3.99. The molecule has 2 aliphatic rings. The molecule has 4 N–H and O–H groups in total. The summed E-state index contributed by atoms with van der Waals surface area (Å²) in [4.78, 5) is 62.1. The fourth-order valence-electron chi connectivity index (χ4n) is 5.64. The summed E-state index contributed by atoms with van der Waals surface area (Å²) in [5.41, 5.74) is -6.13. The SMILES string of the molecule is CC(C)(O)C(NC(=O)c1cc2cc(C(F)(F)P(=O)(O)O)ccc2s1)C(=O)N1CCC[C@H]1C(=O)N1CCO[C@@H](c2ccccc2)C1. The number of hydrogen-bond acceptors (Lipinski definition) is 7. The zero-order valence-electron chi connectivity index (χ0n) is 24.6. The van der Waals surface area contributed by atoms with Gasteiger partial charge in [0.15, 0.2) is 0 Å². The Balaban J connectivity index is 1.32. The van der Waals surface area contributed by atoms with E-state index in [0.29, 0.717) is 37.2 Å². The highest BCUT2D eigenvalue weighted by Crippen LogP contribution is 2.59. The summed E-state index contributed by atoms with van der Waals surface area (Å²) < 4.78 is 46.1. The first kappa shape index (κ1) is 33.1. The van der Waals surface area contributed by atoms with E-state index in [2.05, 4.69) is 5.32 Å². The molecule has 3 heterocycles. The Hall–Kier alpha value is -3.26. The molecule has 45 heavy (non-hydrogen) atoms. The fraction of sp³-hybridized carbons (Fsp3) is 0.433. The van der Waals surface area contributed by atoms with Crippen LogP contribution in [0, 0.1) is 0 Å².